The van der Waals surface area contributed by atoms with E-state index in [0.29, 0.717) is 25.7 Å². The highest BCUT2D eigenvalue weighted by atomic mass is 16.5. The summed E-state index contributed by atoms with van der Waals surface area (Å²) < 4.78 is 10.4. The molecule has 24 heavy (non-hydrogen) atoms. The molecule has 132 valence electrons. The molecule has 0 radical (unpaired) electrons. The van der Waals surface area contributed by atoms with Gasteiger partial charge in [-0.1, -0.05) is 30.3 Å². The fraction of sp³-hybridized carbons (Fsp3) is 0.556. The maximum atomic E-state index is 12.2. The van der Waals surface area contributed by atoms with Gasteiger partial charge in [-0.25, -0.2) is 4.79 Å². The van der Waals surface area contributed by atoms with Crippen LogP contribution >= 0.6 is 0 Å². The summed E-state index contributed by atoms with van der Waals surface area (Å²) in [4.78, 5) is 24.0. The van der Waals surface area contributed by atoms with Gasteiger partial charge in [0.15, 0.2) is 0 Å². The first kappa shape index (κ1) is 18.3. The number of rotatable bonds is 7. The molecule has 2 amide bonds. The van der Waals surface area contributed by atoms with E-state index in [1.165, 1.54) is 0 Å². The van der Waals surface area contributed by atoms with Crippen LogP contribution in [-0.2, 0) is 14.3 Å². The van der Waals surface area contributed by atoms with Crippen molar-refractivity contribution in [2.75, 3.05) is 26.4 Å². The summed E-state index contributed by atoms with van der Waals surface area (Å²) in [5.74, 6) is 0.0251. The zero-order chi connectivity index (χ0) is 17.2. The van der Waals surface area contributed by atoms with Gasteiger partial charge in [0.05, 0.1) is 25.7 Å². The molecule has 0 aliphatic carbocycles. The summed E-state index contributed by atoms with van der Waals surface area (Å²) in [7, 11) is 0. The standard InChI is InChI=1S/C18H26N2O4/c1-2-24-17(21)11-16(15-8-4-3-5-9-15)20-18(22)19-12-14-7-6-10-23-13-14/h3-5,8-9,14,16H,2,6-7,10-13H2,1H3,(H2,19,20,22). The number of amides is 2. The Bertz CT molecular complexity index is 515. The Kier molecular flexibility index (Phi) is 7.55. The van der Waals surface area contributed by atoms with Crippen LogP contribution in [0.3, 0.4) is 0 Å². The number of nitrogens with one attached hydrogen (secondary N) is 2. The van der Waals surface area contributed by atoms with Gasteiger partial charge in [-0.15, -0.1) is 0 Å². The van der Waals surface area contributed by atoms with Crippen LogP contribution in [0, 0.1) is 5.92 Å². The molecule has 1 heterocycles. The molecule has 2 unspecified atom stereocenters. The minimum absolute atomic E-state index is 0.109. The largest absolute Gasteiger partial charge is 0.466 e. The molecule has 1 aliphatic heterocycles. The maximum absolute atomic E-state index is 12.2. The molecule has 0 saturated carbocycles. The van der Waals surface area contributed by atoms with E-state index in [1.54, 1.807) is 6.92 Å². The van der Waals surface area contributed by atoms with Crippen molar-refractivity contribution in [1.82, 2.24) is 10.6 Å². The normalized spacial score (nSPS) is 18.5. The van der Waals surface area contributed by atoms with Gasteiger partial charge in [-0.2, -0.15) is 0 Å². The highest BCUT2D eigenvalue weighted by Crippen LogP contribution is 2.17. The molecule has 1 aromatic rings. The van der Waals surface area contributed by atoms with Crippen molar-refractivity contribution in [3.05, 3.63) is 35.9 Å². The lowest BCUT2D eigenvalue weighted by atomic mass is 10.0. The van der Waals surface area contributed by atoms with Gasteiger partial charge in [-0.05, 0) is 31.2 Å². The Morgan fingerprint density at radius 3 is 2.79 bits per heavy atom. The number of carbonyl (C=O) groups is 2. The first-order chi connectivity index (χ1) is 11.7. The average molecular weight is 334 g/mol. The quantitative estimate of drug-likeness (QED) is 0.751. The molecule has 6 nitrogen and oxygen atoms in total. The van der Waals surface area contributed by atoms with Gasteiger partial charge in [0.2, 0.25) is 0 Å². The van der Waals surface area contributed by atoms with Gasteiger partial charge in [0.25, 0.3) is 0 Å². The van der Waals surface area contributed by atoms with Gasteiger partial charge < -0.3 is 20.1 Å². The number of urea groups is 1. The van der Waals surface area contributed by atoms with E-state index in [9.17, 15) is 9.59 Å². The number of hydrogen-bond donors (Lipinski definition) is 2. The van der Waals surface area contributed by atoms with E-state index in [2.05, 4.69) is 10.6 Å². The molecule has 0 spiro atoms. The first-order valence-corrected chi connectivity index (χ1v) is 8.51. The van der Waals surface area contributed by atoms with Crippen molar-refractivity contribution in [1.29, 1.82) is 0 Å². The zero-order valence-corrected chi connectivity index (χ0v) is 14.1. The van der Waals surface area contributed by atoms with E-state index >= 15 is 0 Å². The number of hydrogen-bond acceptors (Lipinski definition) is 4. The summed E-state index contributed by atoms with van der Waals surface area (Å²) in [5, 5.41) is 5.75. The van der Waals surface area contributed by atoms with Gasteiger partial charge in [0, 0.05) is 13.2 Å². The molecule has 0 aromatic heterocycles. The Hall–Kier alpha value is -2.08. The third-order valence-corrected chi connectivity index (χ3v) is 3.99. The minimum atomic E-state index is -0.409. The van der Waals surface area contributed by atoms with Crippen molar-refractivity contribution in [2.45, 2.75) is 32.2 Å². The third-order valence-electron chi connectivity index (χ3n) is 3.99. The molecule has 1 saturated heterocycles. The van der Waals surface area contributed by atoms with Crippen LogP contribution in [0.1, 0.15) is 37.8 Å². The second-order valence-corrected chi connectivity index (χ2v) is 5.91. The van der Waals surface area contributed by atoms with Crippen molar-refractivity contribution in [2.24, 2.45) is 5.92 Å². The highest BCUT2D eigenvalue weighted by Gasteiger charge is 2.20. The van der Waals surface area contributed by atoms with Crippen LogP contribution in [0.2, 0.25) is 0 Å². The van der Waals surface area contributed by atoms with Crippen LogP contribution in [0.4, 0.5) is 4.79 Å². The summed E-state index contributed by atoms with van der Waals surface area (Å²) in [6.07, 6.45) is 2.20. The number of ether oxygens (including phenoxy) is 2. The Morgan fingerprint density at radius 2 is 2.12 bits per heavy atom. The Balaban J connectivity index is 1.88. The molecule has 2 N–H and O–H groups in total. The lowest BCUT2D eigenvalue weighted by Crippen LogP contribution is -2.42. The van der Waals surface area contributed by atoms with Crippen LogP contribution in [0.25, 0.3) is 0 Å². The SMILES string of the molecule is CCOC(=O)CC(NC(=O)NCC1CCCOC1)c1ccccc1. The van der Waals surface area contributed by atoms with E-state index in [4.69, 9.17) is 9.47 Å². The second-order valence-electron chi connectivity index (χ2n) is 5.91. The van der Waals surface area contributed by atoms with Crippen molar-refractivity contribution >= 4 is 12.0 Å². The van der Waals surface area contributed by atoms with Crippen molar-refractivity contribution in [3.8, 4) is 0 Å². The molecular formula is C18H26N2O4. The molecule has 1 fully saturated rings. The van der Waals surface area contributed by atoms with Crippen molar-refractivity contribution in [3.63, 3.8) is 0 Å². The molecule has 1 aromatic carbocycles. The molecular weight excluding hydrogens is 308 g/mol. The third kappa shape index (κ3) is 6.20. The predicted molar refractivity (Wildman–Crippen MR) is 90.5 cm³/mol. The predicted octanol–water partition coefficient (Wildman–Crippen LogP) is 2.41. The maximum Gasteiger partial charge on any atom is 0.315 e. The lowest BCUT2D eigenvalue weighted by molar-refractivity contribution is -0.143. The first-order valence-electron chi connectivity index (χ1n) is 8.51. The molecule has 2 atom stereocenters. The number of esters is 1. The van der Waals surface area contributed by atoms with Crippen molar-refractivity contribution < 1.29 is 19.1 Å². The summed E-state index contributed by atoms with van der Waals surface area (Å²) in [5.41, 5.74) is 0.877. The average Bonchev–Trinajstić information content (AvgIpc) is 2.61. The Labute approximate surface area is 142 Å². The molecule has 1 aliphatic rings. The van der Waals surface area contributed by atoms with Crippen LogP contribution in [0.5, 0.6) is 0 Å². The topological polar surface area (TPSA) is 76.7 Å². The van der Waals surface area contributed by atoms with Gasteiger partial charge >= 0.3 is 12.0 Å². The van der Waals surface area contributed by atoms with Crippen LogP contribution in [0.15, 0.2) is 30.3 Å². The second kappa shape index (κ2) is 9.93. The molecule has 2 rings (SSSR count). The zero-order valence-electron chi connectivity index (χ0n) is 14.1. The smallest absolute Gasteiger partial charge is 0.315 e. The minimum Gasteiger partial charge on any atom is -0.466 e. The fourth-order valence-electron chi connectivity index (χ4n) is 2.74. The van der Waals surface area contributed by atoms with Crippen LogP contribution < -0.4 is 10.6 Å². The number of benzene rings is 1. The van der Waals surface area contributed by atoms with E-state index in [-0.39, 0.29) is 18.4 Å². The van der Waals surface area contributed by atoms with E-state index < -0.39 is 6.04 Å². The molecule has 0 bridgehead atoms. The summed E-state index contributed by atoms with van der Waals surface area (Å²) >= 11 is 0. The van der Waals surface area contributed by atoms with Gasteiger partial charge in [-0.3, -0.25) is 4.79 Å². The summed E-state index contributed by atoms with van der Waals surface area (Å²) in [6.45, 7) is 4.16. The fourth-order valence-corrected chi connectivity index (χ4v) is 2.74. The highest BCUT2D eigenvalue weighted by molar-refractivity contribution is 5.76. The summed E-state index contributed by atoms with van der Waals surface area (Å²) in [6, 6.07) is 8.75. The monoisotopic (exact) mass is 334 g/mol. The lowest BCUT2D eigenvalue weighted by Gasteiger charge is -2.23. The van der Waals surface area contributed by atoms with E-state index in [1.807, 2.05) is 30.3 Å². The van der Waals surface area contributed by atoms with Crippen LogP contribution in [-0.4, -0.2) is 38.4 Å². The molecule has 6 heteroatoms. The number of carbonyl (C=O) groups excluding carboxylic acids is 2. The van der Waals surface area contributed by atoms with E-state index in [0.717, 1.165) is 25.0 Å². The van der Waals surface area contributed by atoms with Gasteiger partial charge in [0.1, 0.15) is 0 Å². The Morgan fingerprint density at radius 1 is 1.33 bits per heavy atom.